The Balaban J connectivity index is 2.33. The van der Waals surface area contributed by atoms with Crippen LogP contribution in [0.3, 0.4) is 0 Å². The molecular weight excluding hydrogens is 288 g/mol. The number of hydrogen-bond donors (Lipinski definition) is 2. The van der Waals surface area contributed by atoms with Crippen molar-refractivity contribution in [2.24, 2.45) is 0 Å². The van der Waals surface area contributed by atoms with Crippen LogP contribution in [0.25, 0.3) is 0 Å². The zero-order valence-corrected chi connectivity index (χ0v) is 14.0. The second-order valence-corrected chi connectivity index (χ2v) is 7.26. The summed E-state index contributed by atoms with van der Waals surface area (Å²) in [7, 11) is -3.08. The normalized spacial score (nSPS) is 13.4. The Labute approximate surface area is 128 Å². The summed E-state index contributed by atoms with van der Waals surface area (Å²) in [6.07, 6.45) is 2.10. The third-order valence-corrected chi connectivity index (χ3v) is 3.65. The Morgan fingerprint density at radius 3 is 2.24 bits per heavy atom. The Morgan fingerprint density at radius 2 is 1.71 bits per heavy atom. The van der Waals surface area contributed by atoms with Crippen LogP contribution < -0.4 is 14.8 Å². The van der Waals surface area contributed by atoms with Crippen LogP contribution >= 0.6 is 0 Å². The van der Waals surface area contributed by atoms with Gasteiger partial charge in [-0.05, 0) is 51.4 Å². The van der Waals surface area contributed by atoms with E-state index in [1.807, 2.05) is 38.1 Å². The second-order valence-electron chi connectivity index (χ2n) is 5.43. The van der Waals surface area contributed by atoms with Crippen molar-refractivity contribution in [2.75, 3.05) is 19.3 Å². The van der Waals surface area contributed by atoms with Gasteiger partial charge in [0.15, 0.2) is 0 Å². The lowest BCUT2D eigenvalue weighted by molar-refractivity contribution is 0.242. The molecule has 0 radical (unpaired) electrons. The van der Waals surface area contributed by atoms with Gasteiger partial charge in [-0.15, -0.1) is 0 Å². The maximum atomic E-state index is 10.9. The number of ether oxygens (including phenoxy) is 1. The van der Waals surface area contributed by atoms with E-state index < -0.39 is 10.0 Å². The van der Waals surface area contributed by atoms with E-state index in [2.05, 4.69) is 17.0 Å². The van der Waals surface area contributed by atoms with Crippen molar-refractivity contribution in [1.29, 1.82) is 0 Å². The molecule has 0 saturated heterocycles. The van der Waals surface area contributed by atoms with Crippen molar-refractivity contribution in [1.82, 2.24) is 10.0 Å². The van der Waals surface area contributed by atoms with E-state index in [-0.39, 0.29) is 12.1 Å². The quantitative estimate of drug-likeness (QED) is 0.685. The lowest BCUT2D eigenvalue weighted by atomic mass is 10.1. The van der Waals surface area contributed by atoms with Crippen LogP contribution in [-0.2, 0) is 10.0 Å². The molecule has 21 heavy (non-hydrogen) atoms. The van der Waals surface area contributed by atoms with Crippen molar-refractivity contribution in [3.05, 3.63) is 29.8 Å². The molecule has 1 aromatic rings. The third kappa shape index (κ3) is 8.04. The topological polar surface area (TPSA) is 67.4 Å². The average molecular weight is 314 g/mol. The SMILES string of the molecule is CC(C)Oc1ccc(C(C)NCCCNS(C)(=O)=O)cc1. The van der Waals surface area contributed by atoms with Gasteiger partial charge in [-0.2, -0.15) is 0 Å². The predicted octanol–water partition coefficient (Wildman–Crippen LogP) is 2.06. The standard InChI is InChI=1S/C15H26N2O3S/c1-12(2)20-15-8-6-14(7-9-15)13(3)16-10-5-11-17-21(4,18)19/h6-9,12-13,16-17H,5,10-11H2,1-4H3. The van der Waals surface area contributed by atoms with Crippen LogP contribution in [0.4, 0.5) is 0 Å². The van der Waals surface area contributed by atoms with Crippen LogP contribution in [0.5, 0.6) is 5.75 Å². The first-order valence-electron chi connectivity index (χ1n) is 7.22. The molecule has 120 valence electrons. The molecule has 0 heterocycles. The molecule has 1 aromatic carbocycles. The van der Waals surface area contributed by atoms with E-state index in [9.17, 15) is 8.42 Å². The van der Waals surface area contributed by atoms with E-state index in [1.54, 1.807) is 0 Å². The fourth-order valence-corrected chi connectivity index (χ4v) is 2.40. The molecule has 0 amide bonds. The van der Waals surface area contributed by atoms with Gasteiger partial charge in [-0.1, -0.05) is 12.1 Å². The molecule has 6 heteroatoms. The zero-order valence-electron chi connectivity index (χ0n) is 13.2. The van der Waals surface area contributed by atoms with Crippen LogP contribution in [-0.4, -0.2) is 33.9 Å². The molecule has 0 spiro atoms. The third-order valence-electron chi connectivity index (χ3n) is 2.92. The number of hydrogen-bond acceptors (Lipinski definition) is 4. The van der Waals surface area contributed by atoms with E-state index in [1.165, 1.54) is 11.8 Å². The largest absolute Gasteiger partial charge is 0.491 e. The Kier molecular flexibility index (Phi) is 7.14. The summed E-state index contributed by atoms with van der Waals surface area (Å²) >= 11 is 0. The maximum absolute atomic E-state index is 10.9. The molecule has 1 atom stereocenters. The summed E-state index contributed by atoms with van der Waals surface area (Å²) in [5, 5.41) is 3.37. The van der Waals surface area contributed by atoms with Crippen molar-refractivity contribution in [2.45, 2.75) is 39.3 Å². The first kappa shape index (κ1) is 17.9. The molecule has 0 fully saturated rings. The maximum Gasteiger partial charge on any atom is 0.208 e. The van der Waals surface area contributed by atoms with Gasteiger partial charge in [0, 0.05) is 12.6 Å². The summed E-state index contributed by atoms with van der Waals surface area (Å²) in [5.41, 5.74) is 1.18. The highest BCUT2D eigenvalue weighted by Crippen LogP contribution is 2.18. The monoisotopic (exact) mass is 314 g/mol. The Bertz CT molecular complexity index is 512. The van der Waals surface area contributed by atoms with Gasteiger partial charge >= 0.3 is 0 Å². The van der Waals surface area contributed by atoms with Crippen molar-refractivity contribution >= 4 is 10.0 Å². The van der Waals surface area contributed by atoms with Gasteiger partial charge in [-0.25, -0.2) is 13.1 Å². The molecule has 0 saturated carbocycles. The minimum atomic E-state index is -3.08. The summed E-state index contributed by atoms with van der Waals surface area (Å²) in [6, 6.07) is 8.25. The molecule has 0 aliphatic carbocycles. The number of nitrogens with one attached hydrogen (secondary N) is 2. The first-order chi connectivity index (χ1) is 9.78. The lowest BCUT2D eigenvalue weighted by Crippen LogP contribution is -2.27. The van der Waals surface area contributed by atoms with Crippen LogP contribution in [0.15, 0.2) is 24.3 Å². The van der Waals surface area contributed by atoms with Crippen LogP contribution in [0.1, 0.15) is 38.8 Å². The number of benzene rings is 1. The van der Waals surface area contributed by atoms with E-state index in [4.69, 9.17) is 4.74 Å². The highest BCUT2D eigenvalue weighted by atomic mass is 32.2. The van der Waals surface area contributed by atoms with Crippen LogP contribution in [0.2, 0.25) is 0 Å². The number of rotatable bonds is 9. The smallest absolute Gasteiger partial charge is 0.208 e. The van der Waals surface area contributed by atoms with E-state index in [0.717, 1.165) is 18.7 Å². The van der Waals surface area contributed by atoms with Gasteiger partial charge in [-0.3, -0.25) is 0 Å². The minimum absolute atomic E-state index is 0.175. The molecule has 0 aliphatic heterocycles. The van der Waals surface area contributed by atoms with Gasteiger partial charge in [0.05, 0.1) is 12.4 Å². The molecule has 0 aliphatic rings. The summed E-state index contributed by atoms with van der Waals surface area (Å²) in [6.45, 7) is 7.31. The Morgan fingerprint density at radius 1 is 1.10 bits per heavy atom. The average Bonchev–Trinajstić information content (AvgIpc) is 2.37. The van der Waals surface area contributed by atoms with E-state index in [0.29, 0.717) is 6.54 Å². The second kappa shape index (κ2) is 8.36. The molecule has 1 rings (SSSR count). The van der Waals surface area contributed by atoms with Gasteiger partial charge in [0.25, 0.3) is 0 Å². The molecule has 2 N–H and O–H groups in total. The van der Waals surface area contributed by atoms with Crippen molar-refractivity contribution < 1.29 is 13.2 Å². The first-order valence-corrected chi connectivity index (χ1v) is 9.11. The highest BCUT2D eigenvalue weighted by Gasteiger charge is 2.06. The fourth-order valence-electron chi connectivity index (χ4n) is 1.89. The minimum Gasteiger partial charge on any atom is -0.491 e. The molecule has 1 unspecified atom stereocenters. The zero-order chi connectivity index (χ0) is 15.9. The van der Waals surface area contributed by atoms with Gasteiger partial charge in [0.2, 0.25) is 10.0 Å². The molecule has 0 aromatic heterocycles. The fraction of sp³-hybridized carbons (Fsp3) is 0.600. The Hall–Kier alpha value is -1.11. The van der Waals surface area contributed by atoms with Gasteiger partial charge in [0.1, 0.15) is 5.75 Å². The van der Waals surface area contributed by atoms with Crippen molar-refractivity contribution in [3.8, 4) is 5.75 Å². The van der Waals surface area contributed by atoms with Crippen molar-refractivity contribution in [3.63, 3.8) is 0 Å². The summed E-state index contributed by atoms with van der Waals surface area (Å²) in [5.74, 6) is 0.873. The predicted molar refractivity (Wildman–Crippen MR) is 86.1 cm³/mol. The number of sulfonamides is 1. The van der Waals surface area contributed by atoms with Crippen LogP contribution in [0, 0.1) is 0 Å². The summed E-state index contributed by atoms with van der Waals surface area (Å²) < 4.78 is 29.9. The molecule has 5 nitrogen and oxygen atoms in total. The van der Waals surface area contributed by atoms with Gasteiger partial charge < -0.3 is 10.1 Å². The molecule has 0 bridgehead atoms. The summed E-state index contributed by atoms with van der Waals surface area (Å²) in [4.78, 5) is 0. The highest BCUT2D eigenvalue weighted by molar-refractivity contribution is 7.88. The molecular formula is C15H26N2O3S. The van der Waals surface area contributed by atoms with E-state index >= 15 is 0 Å². The lowest BCUT2D eigenvalue weighted by Gasteiger charge is -2.15.